The normalized spacial score (nSPS) is 16.1. The van der Waals surface area contributed by atoms with Crippen molar-refractivity contribution in [3.8, 4) is 0 Å². The summed E-state index contributed by atoms with van der Waals surface area (Å²) in [7, 11) is 0. The van der Waals surface area contributed by atoms with E-state index in [0.29, 0.717) is 6.04 Å². The smallest absolute Gasteiger partial charge is 0.0330 e. The van der Waals surface area contributed by atoms with Gasteiger partial charge in [-0.05, 0) is 45.4 Å². The lowest BCUT2D eigenvalue weighted by atomic mass is 10.3. The van der Waals surface area contributed by atoms with Crippen molar-refractivity contribution in [3.05, 3.63) is 21.9 Å². The molecule has 0 spiro atoms. The fourth-order valence-corrected chi connectivity index (χ4v) is 2.99. The molecule has 0 radical (unpaired) electrons. The molecule has 1 fully saturated rings. The Bertz CT molecular complexity index is 342. The number of rotatable bonds is 7. The van der Waals surface area contributed by atoms with Crippen LogP contribution >= 0.6 is 11.3 Å². The Morgan fingerprint density at radius 2 is 2.06 bits per heavy atom. The molecule has 0 unspecified atom stereocenters. The molecule has 0 aliphatic heterocycles. The van der Waals surface area contributed by atoms with Gasteiger partial charge >= 0.3 is 0 Å². The number of nitrogens with one attached hydrogen (secondary N) is 1. The Labute approximate surface area is 109 Å². The molecule has 0 saturated heterocycles. The van der Waals surface area contributed by atoms with Crippen LogP contribution in [0.15, 0.2) is 12.1 Å². The van der Waals surface area contributed by atoms with E-state index in [1.54, 1.807) is 0 Å². The fourth-order valence-electron chi connectivity index (χ4n) is 1.99. The zero-order valence-electron chi connectivity index (χ0n) is 11.2. The average Bonchev–Trinajstić information content (AvgIpc) is 3.03. The quantitative estimate of drug-likeness (QED) is 0.801. The molecule has 1 aromatic heterocycles. The molecule has 0 amide bonds. The van der Waals surface area contributed by atoms with Gasteiger partial charge in [-0.2, -0.15) is 0 Å². The largest absolute Gasteiger partial charge is 0.309 e. The monoisotopic (exact) mass is 252 g/mol. The molecule has 2 nitrogen and oxygen atoms in total. The average molecular weight is 252 g/mol. The highest BCUT2D eigenvalue weighted by Crippen LogP contribution is 2.22. The maximum atomic E-state index is 3.57. The molecule has 1 saturated carbocycles. The van der Waals surface area contributed by atoms with Gasteiger partial charge in [0.05, 0.1) is 0 Å². The van der Waals surface area contributed by atoms with Crippen molar-refractivity contribution in [1.82, 2.24) is 10.2 Å². The molecule has 0 atom stereocenters. The summed E-state index contributed by atoms with van der Waals surface area (Å²) in [6.07, 6.45) is 2.74. The van der Waals surface area contributed by atoms with Crippen LogP contribution < -0.4 is 5.32 Å². The molecule has 2 rings (SSSR count). The number of hydrogen-bond donors (Lipinski definition) is 1. The second kappa shape index (κ2) is 5.98. The van der Waals surface area contributed by atoms with E-state index >= 15 is 0 Å². The van der Waals surface area contributed by atoms with Crippen LogP contribution in [0.1, 0.15) is 43.4 Å². The third kappa shape index (κ3) is 4.09. The van der Waals surface area contributed by atoms with E-state index < -0.39 is 0 Å². The number of hydrogen-bond acceptors (Lipinski definition) is 3. The fraction of sp³-hybridized carbons (Fsp3) is 0.714. The maximum absolute atomic E-state index is 3.57. The second-order valence-corrected chi connectivity index (χ2v) is 6.43. The Hall–Kier alpha value is -0.380. The summed E-state index contributed by atoms with van der Waals surface area (Å²) in [4.78, 5) is 5.48. The van der Waals surface area contributed by atoms with Crippen LogP contribution in [0.2, 0.25) is 0 Å². The van der Waals surface area contributed by atoms with Gasteiger partial charge in [0.1, 0.15) is 0 Å². The van der Waals surface area contributed by atoms with Crippen LogP contribution in [0.5, 0.6) is 0 Å². The van der Waals surface area contributed by atoms with Gasteiger partial charge in [0.25, 0.3) is 0 Å². The summed E-state index contributed by atoms with van der Waals surface area (Å²) < 4.78 is 0. The molecular weight excluding hydrogens is 228 g/mol. The first-order chi connectivity index (χ1) is 8.19. The van der Waals surface area contributed by atoms with Crippen LogP contribution in [-0.4, -0.2) is 23.5 Å². The topological polar surface area (TPSA) is 15.3 Å². The highest BCUT2D eigenvalue weighted by atomic mass is 32.1. The molecule has 17 heavy (non-hydrogen) atoms. The highest BCUT2D eigenvalue weighted by molar-refractivity contribution is 7.11. The van der Waals surface area contributed by atoms with E-state index in [2.05, 4.69) is 43.1 Å². The summed E-state index contributed by atoms with van der Waals surface area (Å²) in [5, 5.41) is 3.57. The van der Waals surface area contributed by atoms with Gasteiger partial charge < -0.3 is 5.32 Å². The van der Waals surface area contributed by atoms with Crippen molar-refractivity contribution in [3.63, 3.8) is 0 Å². The molecular formula is C14H24N2S. The molecule has 3 heteroatoms. The van der Waals surface area contributed by atoms with Gasteiger partial charge in [0.2, 0.25) is 0 Å². The molecule has 1 aliphatic rings. The van der Waals surface area contributed by atoms with Gasteiger partial charge in [-0.3, -0.25) is 4.90 Å². The Balaban J connectivity index is 1.83. The lowest BCUT2D eigenvalue weighted by molar-refractivity contribution is 0.227. The van der Waals surface area contributed by atoms with Crippen LogP contribution in [0.4, 0.5) is 0 Å². The lowest BCUT2D eigenvalue weighted by Crippen LogP contribution is -2.29. The predicted octanol–water partition coefficient (Wildman–Crippen LogP) is 3.23. The minimum atomic E-state index is 0.634. The first-order valence-corrected chi connectivity index (χ1v) is 7.55. The van der Waals surface area contributed by atoms with Crippen molar-refractivity contribution < 1.29 is 0 Å². The van der Waals surface area contributed by atoms with E-state index in [9.17, 15) is 0 Å². The van der Waals surface area contributed by atoms with Crippen molar-refractivity contribution in [2.45, 2.75) is 58.8 Å². The van der Waals surface area contributed by atoms with Crippen molar-refractivity contribution >= 4 is 11.3 Å². The summed E-state index contributed by atoms with van der Waals surface area (Å²) >= 11 is 1.96. The third-order valence-electron chi connectivity index (χ3n) is 3.36. The van der Waals surface area contributed by atoms with Crippen LogP contribution in [0, 0.1) is 0 Å². The van der Waals surface area contributed by atoms with Crippen molar-refractivity contribution in [2.75, 3.05) is 6.54 Å². The van der Waals surface area contributed by atoms with E-state index in [1.807, 2.05) is 11.3 Å². The Morgan fingerprint density at radius 1 is 1.35 bits per heavy atom. The van der Waals surface area contributed by atoms with Gasteiger partial charge in [0.15, 0.2) is 0 Å². The SMILES string of the molecule is CCN(Cc1ccc(CNC2CC2)s1)C(C)C. The van der Waals surface area contributed by atoms with E-state index in [1.165, 1.54) is 22.6 Å². The van der Waals surface area contributed by atoms with Gasteiger partial charge in [-0.15, -0.1) is 11.3 Å². The van der Waals surface area contributed by atoms with Crippen molar-refractivity contribution in [2.24, 2.45) is 0 Å². The van der Waals surface area contributed by atoms with Gasteiger partial charge in [0, 0.05) is 34.9 Å². The van der Waals surface area contributed by atoms with Crippen LogP contribution in [0.25, 0.3) is 0 Å². The van der Waals surface area contributed by atoms with E-state index in [0.717, 1.165) is 25.7 Å². The van der Waals surface area contributed by atoms with Crippen LogP contribution in [0.3, 0.4) is 0 Å². The predicted molar refractivity (Wildman–Crippen MR) is 75.4 cm³/mol. The maximum Gasteiger partial charge on any atom is 0.0330 e. The minimum absolute atomic E-state index is 0.634. The summed E-state index contributed by atoms with van der Waals surface area (Å²) in [5.74, 6) is 0. The first kappa shape index (κ1) is 13.1. The number of nitrogens with zero attached hydrogens (tertiary/aromatic N) is 1. The number of thiophene rings is 1. The Kier molecular flexibility index (Phi) is 4.60. The zero-order chi connectivity index (χ0) is 12.3. The molecule has 1 aromatic rings. The summed E-state index contributed by atoms with van der Waals surface area (Å²) in [6, 6.07) is 6.02. The molecule has 1 N–H and O–H groups in total. The van der Waals surface area contributed by atoms with E-state index in [-0.39, 0.29) is 0 Å². The standard InChI is InChI=1S/C14H24N2S/c1-4-16(11(2)3)10-14-8-7-13(17-14)9-15-12-5-6-12/h7-8,11-12,15H,4-6,9-10H2,1-3H3. The molecule has 0 bridgehead atoms. The lowest BCUT2D eigenvalue weighted by Gasteiger charge is -2.23. The molecule has 0 aromatic carbocycles. The van der Waals surface area contributed by atoms with Crippen LogP contribution in [-0.2, 0) is 13.1 Å². The van der Waals surface area contributed by atoms with Crippen molar-refractivity contribution in [1.29, 1.82) is 0 Å². The van der Waals surface area contributed by atoms with Gasteiger partial charge in [-0.1, -0.05) is 6.92 Å². The third-order valence-corrected chi connectivity index (χ3v) is 4.43. The summed E-state index contributed by atoms with van der Waals surface area (Å²) in [6.45, 7) is 10.1. The van der Waals surface area contributed by atoms with Gasteiger partial charge in [-0.25, -0.2) is 0 Å². The molecule has 1 heterocycles. The zero-order valence-corrected chi connectivity index (χ0v) is 12.0. The molecule has 96 valence electrons. The summed E-state index contributed by atoms with van der Waals surface area (Å²) in [5.41, 5.74) is 0. The first-order valence-electron chi connectivity index (χ1n) is 6.74. The minimum Gasteiger partial charge on any atom is -0.309 e. The van der Waals surface area contributed by atoms with E-state index in [4.69, 9.17) is 0 Å². The Morgan fingerprint density at radius 3 is 2.65 bits per heavy atom. The highest BCUT2D eigenvalue weighted by Gasteiger charge is 2.20. The molecule has 1 aliphatic carbocycles. The second-order valence-electron chi connectivity index (χ2n) is 5.18.